The van der Waals surface area contributed by atoms with Crippen LogP contribution in [0.4, 0.5) is 36.8 Å². The molecule has 2 aromatic rings. The number of Topliss-reactive ketones (excluding diaryl/α,β-unsaturated/α-hetero) is 1. The van der Waals surface area contributed by atoms with Crippen molar-refractivity contribution < 1.29 is 35.9 Å². The van der Waals surface area contributed by atoms with E-state index >= 15 is 0 Å². The molecule has 0 bridgehead atoms. The molecule has 0 spiro atoms. The summed E-state index contributed by atoms with van der Waals surface area (Å²) in [6, 6.07) is 6.83. The third-order valence-corrected chi connectivity index (χ3v) is 8.75. The average Bonchev–Trinajstić information content (AvgIpc) is 3.28. The molecule has 1 aliphatic rings. The number of anilines is 1. The smallest absolute Gasteiger partial charge is 0.336 e. The second-order valence-electron chi connectivity index (χ2n) is 9.65. The number of hydrogen-bond donors (Lipinski definition) is 1. The highest BCUT2D eigenvalue weighted by molar-refractivity contribution is 7.99. The number of urea groups is 1. The zero-order valence-corrected chi connectivity index (χ0v) is 25.6. The van der Waals surface area contributed by atoms with E-state index in [9.17, 15) is 35.9 Å². The van der Waals surface area contributed by atoms with Gasteiger partial charge in [-0.3, -0.25) is 9.69 Å². The topological polar surface area (TPSA) is 49.4 Å². The van der Waals surface area contributed by atoms with Crippen molar-refractivity contribution in [2.75, 3.05) is 35.4 Å². The van der Waals surface area contributed by atoms with Crippen molar-refractivity contribution in [3.63, 3.8) is 0 Å². The number of alkyl halides is 7. The lowest BCUT2D eigenvalue weighted by Crippen LogP contribution is -2.28. The minimum absolute atomic E-state index is 0.0642. The average molecular weight is 643 g/mol. The van der Waals surface area contributed by atoms with Crippen molar-refractivity contribution in [1.29, 1.82) is 0 Å². The SMILES string of the molecule is Cc1cc(C)c(N2CCNC2=O)cc1SCC(F)(F)F.Cc1cc(C)c(SCC(F)(F)F)cc1CC(=O)CCCCl. The summed E-state index contributed by atoms with van der Waals surface area (Å²) < 4.78 is 73.9. The number of thioether (sulfide) groups is 2. The van der Waals surface area contributed by atoms with Crippen LogP contribution < -0.4 is 10.2 Å². The molecule has 2 aromatic carbocycles. The van der Waals surface area contributed by atoms with Gasteiger partial charge in [-0.2, -0.15) is 26.3 Å². The van der Waals surface area contributed by atoms with Gasteiger partial charge in [-0.1, -0.05) is 12.1 Å². The van der Waals surface area contributed by atoms with E-state index < -0.39 is 23.9 Å². The number of nitrogens with one attached hydrogen (secondary N) is 1. The second kappa shape index (κ2) is 15.4. The molecule has 1 fully saturated rings. The van der Waals surface area contributed by atoms with Crippen molar-refractivity contribution >= 4 is 52.6 Å². The zero-order valence-electron chi connectivity index (χ0n) is 23.2. The van der Waals surface area contributed by atoms with Crippen LogP contribution in [-0.2, 0) is 11.2 Å². The van der Waals surface area contributed by atoms with Gasteiger partial charge >= 0.3 is 18.4 Å². The first-order valence-corrected chi connectivity index (χ1v) is 15.2. The van der Waals surface area contributed by atoms with Gasteiger partial charge in [-0.25, -0.2) is 4.79 Å². The maximum Gasteiger partial charge on any atom is 0.398 e. The maximum atomic E-state index is 12.3. The van der Waals surface area contributed by atoms with Crippen molar-refractivity contribution in [1.82, 2.24) is 5.32 Å². The number of aryl methyl sites for hydroxylation is 4. The highest BCUT2D eigenvalue weighted by atomic mass is 35.5. The number of carbonyl (C=O) groups excluding carboxylic acids is 2. The van der Waals surface area contributed by atoms with Gasteiger partial charge in [0.1, 0.15) is 5.78 Å². The number of ketones is 1. The number of halogens is 7. The van der Waals surface area contributed by atoms with Crippen LogP contribution in [0.3, 0.4) is 0 Å². The molecule has 1 aliphatic heterocycles. The van der Waals surface area contributed by atoms with Gasteiger partial charge in [-0.15, -0.1) is 35.1 Å². The van der Waals surface area contributed by atoms with Crippen LogP contribution in [0.15, 0.2) is 34.1 Å². The van der Waals surface area contributed by atoms with Crippen LogP contribution >= 0.6 is 35.1 Å². The number of amides is 2. The van der Waals surface area contributed by atoms with Gasteiger partial charge in [0.05, 0.1) is 11.5 Å². The second-order valence-corrected chi connectivity index (χ2v) is 12.1. The predicted molar refractivity (Wildman–Crippen MR) is 155 cm³/mol. The highest BCUT2D eigenvalue weighted by Crippen LogP contribution is 2.35. The Morgan fingerprint density at radius 3 is 1.90 bits per heavy atom. The predicted octanol–water partition coefficient (Wildman–Crippen LogP) is 8.58. The third kappa shape index (κ3) is 12.0. The third-order valence-electron chi connectivity index (χ3n) is 6.03. The Morgan fingerprint density at radius 2 is 1.41 bits per heavy atom. The molecule has 2 amide bonds. The Balaban J connectivity index is 0.000000287. The molecule has 13 heteroatoms. The van der Waals surface area contributed by atoms with Gasteiger partial charge in [-0.05, 0) is 74.1 Å². The van der Waals surface area contributed by atoms with E-state index in [4.69, 9.17) is 11.6 Å². The van der Waals surface area contributed by atoms with Gasteiger partial charge in [0.15, 0.2) is 0 Å². The fourth-order valence-corrected chi connectivity index (χ4v) is 5.84. The quantitative estimate of drug-likeness (QED) is 0.160. The molecule has 4 nitrogen and oxygen atoms in total. The standard InChI is InChI=1S/C15H18ClF3OS.C13H15F3N2OS/c1-10-6-11(2)14(21-9-15(17,18)19)8-12(10)7-13(20)4-3-5-16;1-8-5-9(2)11(20-7-13(14,15)16)6-10(8)18-4-3-17-12(18)19/h6,8H,3-5,7,9H2,1-2H3;5-6H,3-4,7H2,1-2H3,(H,17,19). The van der Waals surface area contributed by atoms with Crippen molar-refractivity contribution in [2.24, 2.45) is 0 Å². The first-order chi connectivity index (χ1) is 19.0. The van der Waals surface area contributed by atoms with Crippen LogP contribution in [0.1, 0.15) is 40.7 Å². The molecule has 0 aliphatic carbocycles. The lowest BCUT2D eigenvalue weighted by molar-refractivity contribution is -0.118. The normalized spacial score (nSPS) is 13.6. The summed E-state index contributed by atoms with van der Waals surface area (Å²) in [6.07, 6.45) is -7.11. The van der Waals surface area contributed by atoms with E-state index in [0.29, 0.717) is 47.3 Å². The Morgan fingerprint density at radius 1 is 0.878 bits per heavy atom. The Kier molecular flexibility index (Phi) is 13.2. The zero-order chi connectivity index (χ0) is 31.0. The molecule has 1 N–H and O–H groups in total. The number of rotatable bonds is 10. The van der Waals surface area contributed by atoms with Crippen LogP contribution in [0.5, 0.6) is 0 Å². The molecule has 0 atom stereocenters. The molecular formula is C28H33ClF6N2O2S2. The highest BCUT2D eigenvalue weighted by Gasteiger charge is 2.29. The van der Waals surface area contributed by atoms with E-state index in [1.165, 1.54) is 0 Å². The molecule has 1 saturated heterocycles. The van der Waals surface area contributed by atoms with Crippen LogP contribution in [0.25, 0.3) is 0 Å². The van der Waals surface area contributed by atoms with E-state index in [1.807, 2.05) is 26.0 Å². The summed E-state index contributed by atoms with van der Waals surface area (Å²) in [6.45, 7) is 8.37. The van der Waals surface area contributed by atoms with E-state index in [1.54, 1.807) is 30.9 Å². The maximum absolute atomic E-state index is 12.3. The lowest BCUT2D eigenvalue weighted by Gasteiger charge is -2.19. The summed E-state index contributed by atoms with van der Waals surface area (Å²) in [7, 11) is 0. The van der Waals surface area contributed by atoms with Gasteiger partial charge in [0.2, 0.25) is 0 Å². The van der Waals surface area contributed by atoms with Crippen molar-refractivity contribution in [2.45, 2.75) is 69.1 Å². The molecule has 41 heavy (non-hydrogen) atoms. The molecular weight excluding hydrogens is 610 g/mol. The molecule has 1 heterocycles. The first kappa shape index (κ1) is 35.1. The van der Waals surface area contributed by atoms with Crippen molar-refractivity contribution in [3.8, 4) is 0 Å². The largest absolute Gasteiger partial charge is 0.398 e. The van der Waals surface area contributed by atoms with E-state index in [2.05, 4.69) is 5.32 Å². The van der Waals surface area contributed by atoms with E-state index in [0.717, 1.165) is 51.3 Å². The Hall–Kier alpha value is -2.05. The number of hydrogen-bond acceptors (Lipinski definition) is 4. The molecule has 228 valence electrons. The van der Waals surface area contributed by atoms with Gasteiger partial charge in [0.25, 0.3) is 0 Å². The fraction of sp³-hybridized carbons (Fsp3) is 0.500. The summed E-state index contributed by atoms with van der Waals surface area (Å²) in [5, 5.41) is 2.69. The summed E-state index contributed by atoms with van der Waals surface area (Å²) >= 11 is 7.07. The van der Waals surface area contributed by atoms with Crippen LogP contribution in [-0.4, -0.2) is 54.6 Å². The summed E-state index contributed by atoms with van der Waals surface area (Å²) in [5.41, 5.74) is 4.89. The fourth-order valence-electron chi connectivity index (χ4n) is 4.07. The van der Waals surface area contributed by atoms with Gasteiger partial charge in [0, 0.05) is 47.3 Å². The minimum Gasteiger partial charge on any atom is -0.336 e. The number of nitrogens with zero attached hydrogens (tertiary/aromatic N) is 1. The number of carbonyl (C=O) groups is 2. The Bertz CT molecular complexity index is 1220. The molecule has 3 rings (SSSR count). The first-order valence-electron chi connectivity index (χ1n) is 12.7. The molecule has 0 unspecified atom stereocenters. The Labute approximate surface area is 250 Å². The van der Waals surface area contributed by atoms with Crippen molar-refractivity contribution in [3.05, 3.63) is 52.1 Å². The summed E-state index contributed by atoms with van der Waals surface area (Å²) in [4.78, 5) is 26.2. The van der Waals surface area contributed by atoms with Gasteiger partial charge < -0.3 is 5.32 Å². The number of benzene rings is 2. The minimum atomic E-state index is -4.20. The van der Waals surface area contributed by atoms with Crippen LogP contribution in [0.2, 0.25) is 0 Å². The molecule has 0 saturated carbocycles. The lowest BCUT2D eigenvalue weighted by atomic mass is 9.99. The van der Waals surface area contributed by atoms with Crippen LogP contribution in [0, 0.1) is 27.7 Å². The summed E-state index contributed by atoms with van der Waals surface area (Å²) in [5.74, 6) is -1.35. The monoisotopic (exact) mass is 642 g/mol. The van der Waals surface area contributed by atoms with E-state index in [-0.39, 0.29) is 18.2 Å². The molecule has 0 radical (unpaired) electrons. The molecule has 0 aromatic heterocycles.